The van der Waals surface area contributed by atoms with Gasteiger partial charge in [0.2, 0.25) is 0 Å². The Kier molecular flexibility index (Phi) is 7.14. The molecule has 6 heteroatoms. The van der Waals surface area contributed by atoms with Gasteiger partial charge >= 0.3 is 0 Å². The van der Waals surface area contributed by atoms with Crippen molar-refractivity contribution in [3.05, 3.63) is 88.2 Å². The first kappa shape index (κ1) is 20.7. The molecule has 0 radical (unpaired) electrons. The summed E-state index contributed by atoms with van der Waals surface area (Å²) < 4.78 is 0. The number of nitrogens with zero attached hydrogens (tertiary/aromatic N) is 3. The van der Waals surface area contributed by atoms with Crippen LogP contribution in [-0.2, 0) is 12.2 Å². The fourth-order valence-electron chi connectivity index (χ4n) is 2.73. The fourth-order valence-corrected chi connectivity index (χ4v) is 3.63. The molecule has 0 aliphatic heterocycles. The van der Waals surface area contributed by atoms with Crippen LogP contribution in [0.25, 0.3) is 0 Å². The number of carbonyl (C=O) groups excluding carboxylic acids is 1. The molecule has 0 fully saturated rings. The van der Waals surface area contributed by atoms with E-state index >= 15 is 0 Å². The lowest BCUT2D eigenvalue weighted by molar-refractivity contribution is 0.0955. The van der Waals surface area contributed by atoms with E-state index in [2.05, 4.69) is 39.6 Å². The van der Waals surface area contributed by atoms with Crippen LogP contribution >= 0.6 is 11.8 Å². The third-order valence-corrected chi connectivity index (χ3v) is 5.23. The Labute approximate surface area is 175 Å². The van der Waals surface area contributed by atoms with Crippen LogP contribution in [0.4, 0.5) is 0 Å². The van der Waals surface area contributed by atoms with E-state index < -0.39 is 0 Å². The molecule has 5 nitrogen and oxygen atoms in total. The summed E-state index contributed by atoms with van der Waals surface area (Å²) in [4.78, 5) is 21.1. The molecule has 1 heterocycles. The molecule has 2 aromatic carbocycles. The maximum absolute atomic E-state index is 12.3. The van der Waals surface area contributed by atoms with Crippen LogP contribution in [0.3, 0.4) is 0 Å². The van der Waals surface area contributed by atoms with Crippen LogP contribution in [-0.4, -0.2) is 22.1 Å². The summed E-state index contributed by atoms with van der Waals surface area (Å²) >= 11 is 1.58. The maximum Gasteiger partial charge on any atom is 0.271 e. The normalized spacial score (nSPS) is 11.0. The van der Waals surface area contributed by atoms with Gasteiger partial charge in [-0.15, -0.1) is 0 Å². The highest BCUT2D eigenvalue weighted by atomic mass is 32.2. The van der Waals surface area contributed by atoms with E-state index in [0.29, 0.717) is 5.56 Å². The Balaban J connectivity index is 1.53. The molecule has 148 valence electrons. The topological polar surface area (TPSA) is 67.2 Å². The van der Waals surface area contributed by atoms with Crippen LogP contribution in [0.2, 0.25) is 0 Å². The van der Waals surface area contributed by atoms with Gasteiger partial charge in [-0.1, -0.05) is 55.1 Å². The van der Waals surface area contributed by atoms with E-state index in [9.17, 15) is 4.79 Å². The minimum atomic E-state index is -0.233. The summed E-state index contributed by atoms with van der Waals surface area (Å²) in [5, 5.41) is 4.81. The van der Waals surface area contributed by atoms with Crippen LogP contribution in [0.15, 0.2) is 64.9 Å². The molecule has 3 rings (SSSR count). The highest BCUT2D eigenvalue weighted by molar-refractivity contribution is 7.98. The molecule has 0 saturated heterocycles. The largest absolute Gasteiger partial charge is 0.271 e. The number of benzene rings is 2. The number of hydrogen-bond acceptors (Lipinski definition) is 5. The van der Waals surface area contributed by atoms with Crippen molar-refractivity contribution in [3.63, 3.8) is 0 Å². The third-order valence-electron chi connectivity index (χ3n) is 4.31. The van der Waals surface area contributed by atoms with E-state index in [4.69, 9.17) is 0 Å². The van der Waals surface area contributed by atoms with Crippen molar-refractivity contribution in [1.29, 1.82) is 0 Å². The van der Waals surface area contributed by atoms with Crippen molar-refractivity contribution >= 4 is 23.9 Å². The zero-order chi connectivity index (χ0) is 20.6. The molecule has 0 bridgehead atoms. The number of carbonyl (C=O) groups is 1. The molecule has 1 aromatic heterocycles. The molecular weight excluding hydrogens is 380 g/mol. The lowest BCUT2D eigenvalue weighted by atomic mass is 10.1. The average molecular weight is 405 g/mol. The Bertz CT molecular complexity index is 978. The first-order chi connectivity index (χ1) is 14.0. The molecule has 3 aromatic rings. The highest BCUT2D eigenvalue weighted by Crippen LogP contribution is 2.20. The molecule has 0 unspecified atom stereocenters. The predicted molar refractivity (Wildman–Crippen MR) is 118 cm³/mol. The fraction of sp³-hybridized carbons (Fsp3) is 0.217. The second-order valence-electron chi connectivity index (χ2n) is 6.71. The second kappa shape index (κ2) is 9.98. The smallest absolute Gasteiger partial charge is 0.267 e. The predicted octanol–water partition coefficient (Wildman–Crippen LogP) is 4.71. The summed E-state index contributed by atoms with van der Waals surface area (Å²) in [6.45, 7) is 6.05. The van der Waals surface area contributed by atoms with Gasteiger partial charge in [0.1, 0.15) is 0 Å². The Morgan fingerprint density at radius 1 is 1.00 bits per heavy atom. The van der Waals surface area contributed by atoms with Gasteiger partial charge in [0.15, 0.2) is 5.16 Å². The summed E-state index contributed by atoms with van der Waals surface area (Å²) in [5.41, 5.74) is 8.40. The van der Waals surface area contributed by atoms with Crippen LogP contribution in [0.1, 0.15) is 45.4 Å². The lowest BCUT2D eigenvalue weighted by Crippen LogP contribution is -2.17. The van der Waals surface area contributed by atoms with Gasteiger partial charge in [-0.2, -0.15) is 5.10 Å². The van der Waals surface area contributed by atoms with Gasteiger partial charge in [-0.25, -0.2) is 15.4 Å². The lowest BCUT2D eigenvalue weighted by Gasteiger charge is -2.05. The van der Waals surface area contributed by atoms with E-state index in [-0.39, 0.29) is 5.91 Å². The molecule has 0 spiro atoms. The number of hydrogen-bond donors (Lipinski definition) is 1. The van der Waals surface area contributed by atoms with Crippen LogP contribution in [0, 0.1) is 13.8 Å². The summed E-state index contributed by atoms with van der Waals surface area (Å²) in [6, 6.07) is 17.5. The molecule has 29 heavy (non-hydrogen) atoms. The quantitative estimate of drug-likeness (QED) is 0.268. The maximum atomic E-state index is 12.3. The minimum absolute atomic E-state index is 0.233. The number of rotatable bonds is 7. The SMILES string of the molecule is CCc1ccc(/C=N/NC(=O)c2ccc(CSc3nc(C)cc(C)n3)cc2)cc1. The minimum Gasteiger partial charge on any atom is -0.267 e. The molecule has 0 aliphatic carbocycles. The van der Waals surface area contributed by atoms with E-state index in [1.807, 2.05) is 44.2 Å². The van der Waals surface area contributed by atoms with E-state index in [1.54, 1.807) is 30.1 Å². The zero-order valence-electron chi connectivity index (χ0n) is 16.8. The van der Waals surface area contributed by atoms with Crippen molar-refractivity contribution < 1.29 is 4.79 Å². The zero-order valence-corrected chi connectivity index (χ0v) is 17.7. The van der Waals surface area contributed by atoms with Gasteiger partial charge in [0, 0.05) is 22.7 Å². The third kappa shape index (κ3) is 6.26. The Morgan fingerprint density at radius 3 is 2.24 bits per heavy atom. The highest BCUT2D eigenvalue weighted by Gasteiger charge is 2.06. The monoisotopic (exact) mass is 404 g/mol. The number of nitrogens with one attached hydrogen (secondary N) is 1. The van der Waals surface area contributed by atoms with Crippen molar-refractivity contribution in [1.82, 2.24) is 15.4 Å². The summed E-state index contributed by atoms with van der Waals surface area (Å²) in [5.74, 6) is 0.514. The van der Waals surface area contributed by atoms with Gasteiger partial charge in [-0.3, -0.25) is 4.79 Å². The van der Waals surface area contributed by atoms with E-state index in [1.165, 1.54) is 5.56 Å². The average Bonchev–Trinajstić information content (AvgIpc) is 2.72. The first-order valence-electron chi connectivity index (χ1n) is 9.50. The molecule has 1 N–H and O–H groups in total. The van der Waals surface area contributed by atoms with Crippen molar-refractivity contribution in [3.8, 4) is 0 Å². The molecule has 0 saturated carbocycles. The Morgan fingerprint density at radius 2 is 1.62 bits per heavy atom. The van der Waals surface area contributed by atoms with Crippen molar-refractivity contribution in [2.45, 2.75) is 38.1 Å². The van der Waals surface area contributed by atoms with E-state index in [0.717, 1.165) is 39.8 Å². The number of aryl methyl sites for hydroxylation is 3. The molecule has 0 atom stereocenters. The molecule has 1 amide bonds. The van der Waals surface area contributed by atoms with Gasteiger partial charge < -0.3 is 0 Å². The van der Waals surface area contributed by atoms with Gasteiger partial charge in [-0.05, 0) is 55.2 Å². The van der Waals surface area contributed by atoms with Crippen LogP contribution in [0.5, 0.6) is 0 Å². The number of amides is 1. The number of thioether (sulfide) groups is 1. The first-order valence-corrected chi connectivity index (χ1v) is 10.5. The second-order valence-corrected chi connectivity index (χ2v) is 7.66. The van der Waals surface area contributed by atoms with Crippen molar-refractivity contribution in [2.75, 3.05) is 0 Å². The number of aromatic nitrogens is 2. The summed E-state index contributed by atoms with van der Waals surface area (Å²) in [6.07, 6.45) is 2.65. The molecular formula is C23H24N4OS. The van der Waals surface area contributed by atoms with Crippen molar-refractivity contribution in [2.24, 2.45) is 5.10 Å². The van der Waals surface area contributed by atoms with Gasteiger partial charge in [0.05, 0.1) is 6.21 Å². The van der Waals surface area contributed by atoms with Gasteiger partial charge in [0.25, 0.3) is 5.91 Å². The summed E-state index contributed by atoms with van der Waals surface area (Å²) in [7, 11) is 0. The standard InChI is InChI=1S/C23H24N4OS/c1-4-18-5-7-19(8-6-18)14-24-27-22(28)21-11-9-20(10-12-21)15-29-23-25-16(2)13-17(3)26-23/h5-14H,4,15H2,1-3H3,(H,27,28)/b24-14+. The van der Waals surface area contributed by atoms with Crippen LogP contribution < -0.4 is 5.43 Å². The molecule has 0 aliphatic rings. The number of hydrazone groups is 1. The Hall–Kier alpha value is -2.99.